The van der Waals surface area contributed by atoms with Crippen LogP contribution in [0.3, 0.4) is 0 Å². The maximum absolute atomic E-state index is 13.4. The van der Waals surface area contributed by atoms with Crippen molar-refractivity contribution in [2.45, 2.75) is 12.2 Å². The van der Waals surface area contributed by atoms with E-state index >= 15 is 0 Å². The monoisotopic (exact) mass is 290 g/mol. The lowest BCUT2D eigenvalue weighted by molar-refractivity contribution is -0.116. The number of benzene rings is 2. The Morgan fingerprint density at radius 1 is 1.00 bits per heavy atom. The van der Waals surface area contributed by atoms with Gasteiger partial charge in [0, 0.05) is 23.0 Å². The molecule has 1 unspecified atom stereocenters. The molecular formula is C16H15FO2S. The van der Waals surface area contributed by atoms with Crippen molar-refractivity contribution >= 4 is 16.6 Å². The van der Waals surface area contributed by atoms with Crippen molar-refractivity contribution in [1.29, 1.82) is 0 Å². The maximum Gasteiger partial charge on any atom is 0.149 e. The second-order valence-electron chi connectivity index (χ2n) is 4.52. The molecule has 0 saturated carbocycles. The van der Waals surface area contributed by atoms with Gasteiger partial charge in [-0.15, -0.1) is 0 Å². The summed E-state index contributed by atoms with van der Waals surface area (Å²) >= 11 is 0. The van der Waals surface area contributed by atoms with Crippen molar-refractivity contribution in [3.63, 3.8) is 0 Å². The van der Waals surface area contributed by atoms with Gasteiger partial charge in [0.15, 0.2) is 0 Å². The highest BCUT2D eigenvalue weighted by Gasteiger charge is 2.11. The molecule has 20 heavy (non-hydrogen) atoms. The minimum atomic E-state index is -1.25. The van der Waals surface area contributed by atoms with Gasteiger partial charge in [-0.1, -0.05) is 48.5 Å². The van der Waals surface area contributed by atoms with Crippen LogP contribution in [0, 0.1) is 5.82 Å². The molecule has 0 bridgehead atoms. The Balaban J connectivity index is 1.89. The fraction of sp³-hybridized carbons (Fsp3) is 0.188. The zero-order valence-corrected chi connectivity index (χ0v) is 11.7. The molecule has 0 N–H and O–H groups in total. The van der Waals surface area contributed by atoms with E-state index in [0.717, 1.165) is 5.56 Å². The van der Waals surface area contributed by atoms with Crippen molar-refractivity contribution in [1.82, 2.24) is 0 Å². The Labute approximate surface area is 120 Å². The molecule has 104 valence electrons. The first-order chi connectivity index (χ1) is 9.65. The predicted octanol–water partition coefficient (Wildman–Crippen LogP) is 2.89. The van der Waals surface area contributed by atoms with Crippen LogP contribution in [0.4, 0.5) is 4.39 Å². The first-order valence-electron chi connectivity index (χ1n) is 6.29. The van der Waals surface area contributed by atoms with E-state index in [4.69, 9.17) is 0 Å². The second kappa shape index (κ2) is 7.10. The van der Waals surface area contributed by atoms with Gasteiger partial charge in [-0.05, 0) is 17.2 Å². The Bertz CT molecular complexity index is 611. The number of Topliss-reactive ketones (excluding diaryl/α,β-unsaturated/α-hetero) is 1. The number of carbonyl (C=O) groups is 1. The summed E-state index contributed by atoms with van der Waals surface area (Å²) < 4.78 is 25.3. The highest BCUT2D eigenvalue weighted by atomic mass is 32.2. The minimum absolute atomic E-state index is 0.00674. The molecule has 0 amide bonds. The number of rotatable bonds is 6. The quantitative estimate of drug-likeness (QED) is 0.820. The number of hydrogen-bond acceptors (Lipinski definition) is 2. The van der Waals surface area contributed by atoms with Gasteiger partial charge in [-0.3, -0.25) is 9.00 Å². The SMILES string of the molecule is O=C(Cc1ccccc1F)CS(=O)Cc1ccccc1. The van der Waals surface area contributed by atoms with Gasteiger partial charge in [0.2, 0.25) is 0 Å². The normalized spacial score (nSPS) is 12.1. The largest absolute Gasteiger partial charge is 0.298 e. The fourth-order valence-corrected chi connectivity index (χ4v) is 3.02. The van der Waals surface area contributed by atoms with Crippen LogP contribution >= 0.6 is 0 Å². The first kappa shape index (κ1) is 14.6. The smallest absolute Gasteiger partial charge is 0.149 e. The molecule has 0 aromatic heterocycles. The van der Waals surface area contributed by atoms with Crippen LogP contribution in [0.25, 0.3) is 0 Å². The zero-order valence-electron chi connectivity index (χ0n) is 10.9. The molecule has 0 heterocycles. The molecule has 2 rings (SSSR count). The Kier molecular flexibility index (Phi) is 5.18. The number of ketones is 1. The second-order valence-corrected chi connectivity index (χ2v) is 5.98. The average molecular weight is 290 g/mol. The van der Waals surface area contributed by atoms with Crippen molar-refractivity contribution in [2.24, 2.45) is 0 Å². The average Bonchev–Trinajstić information content (AvgIpc) is 2.42. The molecule has 0 radical (unpaired) electrons. The van der Waals surface area contributed by atoms with Gasteiger partial charge in [0.25, 0.3) is 0 Å². The van der Waals surface area contributed by atoms with E-state index in [1.54, 1.807) is 18.2 Å². The summed E-state index contributed by atoms with van der Waals surface area (Å²) in [7, 11) is -1.25. The van der Waals surface area contributed by atoms with Gasteiger partial charge in [0.1, 0.15) is 11.6 Å². The van der Waals surface area contributed by atoms with E-state index in [9.17, 15) is 13.4 Å². The number of carbonyl (C=O) groups excluding carboxylic acids is 1. The molecule has 0 aliphatic rings. The third kappa shape index (κ3) is 4.38. The highest BCUT2D eigenvalue weighted by Crippen LogP contribution is 2.09. The summed E-state index contributed by atoms with van der Waals surface area (Å²) in [5.41, 5.74) is 1.29. The fourth-order valence-electron chi connectivity index (χ4n) is 1.90. The summed E-state index contributed by atoms with van der Waals surface area (Å²) in [5.74, 6) is -0.286. The van der Waals surface area contributed by atoms with E-state index in [-0.39, 0.29) is 18.0 Å². The Morgan fingerprint density at radius 2 is 1.65 bits per heavy atom. The van der Waals surface area contributed by atoms with Gasteiger partial charge in [0.05, 0.1) is 5.75 Å². The molecule has 0 spiro atoms. The summed E-state index contributed by atoms with van der Waals surface area (Å²) in [4.78, 5) is 11.8. The van der Waals surface area contributed by atoms with E-state index in [1.165, 1.54) is 6.07 Å². The summed E-state index contributed by atoms with van der Waals surface area (Å²) in [6.45, 7) is 0. The van der Waals surface area contributed by atoms with Crippen LogP contribution in [0.5, 0.6) is 0 Å². The van der Waals surface area contributed by atoms with Crippen LogP contribution in [-0.4, -0.2) is 15.7 Å². The highest BCUT2D eigenvalue weighted by molar-refractivity contribution is 7.84. The van der Waals surface area contributed by atoms with E-state index in [0.29, 0.717) is 11.3 Å². The van der Waals surface area contributed by atoms with Crippen molar-refractivity contribution in [3.05, 3.63) is 71.5 Å². The summed E-state index contributed by atoms with van der Waals surface area (Å²) in [6.07, 6.45) is -0.00674. The van der Waals surface area contributed by atoms with Crippen molar-refractivity contribution < 1.29 is 13.4 Å². The van der Waals surface area contributed by atoms with Gasteiger partial charge < -0.3 is 0 Å². The molecule has 1 atom stereocenters. The molecule has 0 aliphatic carbocycles. The van der Waals surface area contributed by atoms with Crippen LogP contribution in [0.15, 0.2) is 54.6 Å². The van der Waals surface area contributed by atoms with Crippen LogP contribution in [0.1, 0.15) is 11.1 Å². The molecule has 2 nitrogen and oxygen atoms in total. The molecular weight excluding hydrogens is 275 g/mol. The van der Waals surface area contributed by atoms with Crippen molar-refractivity contribution in [3.8, 4) is 0 Å². The first-order valence-corrected chi connectivity index (χ1v) is 7.78. The van der Waals surface area contributed by atoms with Gasteiger partial charge >= 0.3 is 0 Å². The lowest BCUT2D eigenvalue weighted by Gasteiger charge is -2.04. The summed E-state index contributed by atoms with van der Waals surface area (Å²) in [6, 6.07) is 15.5. The molecule has 0 saturated heterocycles. The summed E-state index contributed by atoms with van der Waals surface area (Å²) in [5, 5.41) is 0. The molecule has 0 aliphatic heterocycles. The lowest BCUT2D eigenvalue weighted by Crippen LogP contribution is -2.15. The van der Waals surface area contributed by atoms with E-state index in [2.05, 4.69) is 0 Å². The standard InChI is InChI=1S/C16H15FO2S/c17-16-9-5-4-8-14(16)10-15(18)12-20(19)11-13-6-2-1-3-7-13/h1-9H,10-12H2. The van der Waals surface area contributed by atoms with E-state index in [1.807, 2.05) is 30.3 Å². The minimum Gasteiger partial charge on any atom is -0.298 e. The maximum atomic E-state index is 13.4. The topological polar surface area (TPSA) is 34.1 Å². The zero-order chi connectivity index (χ0) is 14.4. The van der Waals surface area contributed by atoms with Gasteiger partial charge in [-0.2, -0.15) is 0 Å². The predicted molar refractivity (Wildman–Crippen MR) is 78.3 cm³/mol. The molecule has 0 fully saturated rings. The lowest BCUT2D eigenvalue weighted by atomic mass is 10.1. The third-order valence-electron chi connectivity index (χ3n) is 2.84. The van der Waals surface area contributed by atoms with Crippen molar-refractivity contribution in [2.75, 3.05) is 5.75 Å². The van der Waals surface area contributed by atoms with Crippen LogP contribution < -0.4 is 0 Å². The van der Waals surface area contributed by atoms with Gasteiger partial charge in [-0.25, -0.2) is 4.39 Å². The Hall–Kier alpha value is -1.81. The number of halogens is 1. The number of hydrogen-bond donors (Lipinski definition) is 0. The Morgan fingerprint density at radius 3 is 2.35 bits per heavy atom. The van der Waals surface area contributed by atoms with E-state index < -0.39 is 16.6 Å². The third-order valence-corrected chi connectivity index (χ3v) is 4.14. The van der Waals surface area contributed by atoms with Crippen LogP contribution in [-0.2, 0) is 27.8 Å². The molecule has 4 heteroatoms. The molecule has 2 aromatic rings. The van der Waals surface area contributed by atoms with Crippen LogP contribution in [0.2, 0.25) is 0 Å². The molecule has 2 aromatic carbocycles.